The third-order valence-corrected chi connectivity index (χ3v) is 3.48. The van der Waals surface area contributed by atoms with Crippen LogP contribution in [0, 0.1) is 13.8 Å². The molecule has 1 heterocycles. The van der Waals surface area contributed by atoms with Crippen LogP contribution in [-0.2, 0) is 0 Å². The SMILES string of the molecule is Cc1ccc(C)c(OCCC2CCCCN2)c1. The van der Waals surface area contributed by atoms with Crippen LogP contribution < -0.4 is 10.1 Å². The Balaban J connectivity index is 1.79. The summed E-state index contributed by atoms with van der Waals surface area (Å²) in [4.78, 5) is 0. The van der Waals surface area contributed by atoms with E-state index < -0.39 is 0 Å². The van der Waals surface area contributed by atoms with Gasteiger partial charge in [-0.3, -0.25) is 0 Å². The van der Waals surface area contributed by atoms with Crippen LogP contribution in [0.15, 0.2) is 18.2 Å². The summed E-state index contributed by atoms with van der Waals surface area (Å²) < 4.78 is 5.88. The van der Waals surface area contributed by atoms with Crippen molar-refractivity contribution in [3.05, 3.63) is 29.3 Å². The Morgan fingerprint density at radius 3 is 2.94 bits per heavy atom. The molecule has 1 saturated heterocycles. The molecule has 1 atom stereocenters. The van der Waals surface area contributed by atoms with Gasteiger partial charge in [-0.2, -0.15) is 0 Å². The lowest BCUT2D eigenvalue weighted by Crippen LogP contribution is -2.35. The van der Waals surface area contributed by atoms with Crippen LogP contribution in [0.2, 0.25) is 0 Å². The quantitative estimate of drug-likeness (QED) is 0.862. The van der Waals surface area contributed by atoms with Crippen LogP contribution in [0.1, 0.15) is 36.8 Å². The average Bonchev–Trinajstić information content (AvgIpc) is 2.35. The van der Waals surface area contributed by atoms with E-state index in [2.05, 4.69) is 37.4 Å². The van der Waals surface area contributed by atoms with Gasteiger partial charge in [0.2, 0.25) is 0 Å². The Bertz CT molecular complexity index is 356. The Hall–Kier alpha value is -1.02. The van der Waals surface area contributed by atoms with Gasteiger partial charge in [-0.1, -0.05) is 18.6 Å². The lowest BCUT2D eigenvalue weighted by Gasteiger charge is -2.23. The molecule has 0 saturated carbocycles. The minimum absolute atomic E-state index is 0.661. The molecule has 0 aliphatic carbocycles. The van der Waals surface area contributed by atoms with Crippen molar-refractivity contribution >= 4 is 0 Å². The van der Waals surface area contributed by atoms with Gasteiger partial charge in [0.25, 0.3) is 0 Å². The summed E-state index contributed by atoms with van der Waals surface area (Å²) >= 11 is 0. The molecular weight excluding hydrogens is 210 g/mol. The Labute approximate surface area is 104 Å². The number of hydrogen-bond donors (Lipinski definition) is 1. The van der Waals surface area contributed by atoms with Crippen molar-refractivity contribution in [3.8, 4) is 5.75 Å². The molecule has 1 unspecified atom stereocenters. The van der Waals surface area contributed by atoms with Gasteiger partial charge in [0, 0.05) is 6.04 Å². The summed E-state index contributed by atoms with van der Waals surface area (Å²) in [5.74, 6) is 1.04. The number of rotatable bonds is 4. The second kappa shape index (κ2) is 6.06. The molecule has 1 aliphatic rings. The van der Waals surface area contributed by atoms with Crippen LogP contribution in [0.4, 0.5) is 0 Å². The predicted octanol–water partition coefficient (Wildman–Crippen LogP) is 3.21. The van der Waals surface area contributed by atoms with Crippen molar-refractivity contribution in [2.45, 2.75) is 45.6 Å². The summed E-state index contributed by atoms with van der Waals surface area (Å²) in [5, 5.41) is 3.55. The van der Waals surface area contributed by atoms with E-state index in [1.807, 2.05) is 0 Å². The van der Waals surface area contributed by atoms with Crippen LogP contribution in [0.3, 0.4) is 0 Å². The molecular formula is C15H23NO. The second-order valence-corrected chi connectivity index (χ2v) is 5.05. The molecule has 0 aromatic heterocycles. The molecule has 1 aromatic rings. The van der Waals surface area contributed by atoms with E-state index in [0.717, 1.165) is 18.8 Å². The van der Waals surface area contributed by atoms with E-state index in [9.17, 15) is 0 Å². The smallest absolute Gasteiger partial charge is 0.122 e. The first-order valence-electron chi connectivity index (χ1n) is 6.69. The topological polar surface area (TPSA) is 21.3 Å². The van der Waals surface area contributed by atoms with Gasteiger partial charge in [-0.05, 0) is 56.8 Å². The molecule has 2 rings (SSSR count). The van der Waals surface area contributed by atoms with Crippen LogP contribution in [0.25, 0.3) is 0 Å². The van der Waals surface area contributed by atoms with Crippen LogP contribution in [-0.4, -0.2) is 19.2 Å². The Morgan fingerprint density at radius 1 is 1.29 bits per heavy atom. The maximum absolute atomic E-state index is 5.88. The van der Waals surface area contributed by atoms with Gasteiger partial charge < -0.3 is 10.1 Å². The zero-order chi connectivity index (χ0) is 12.1. The number of nitrogens with one attached hydrogen (secondary N) is 1. The third-order valence-electron chi connectivity index (χ3n) is 3.48. The van der Waals surface area contributed by atoms with Crippen molar-refractivity contribution in [1.29, 1.82) is 0 Å². The monoisotopic (exact) mass is 233 g/mol. The fourth-order valence-electron chi connectivity index (χ4n) is 2.34. The van der Waals surface area contributed by atoms with E-state index >= 15 is 0 Å². The number of aryl methyl sites for hydroxylation is 2. The highest BCUT2D eigenvalue weighted by atomic mass is 16.5. The zero-order valence-corrected chi connectivity index (χ0v) is 11.0. The average molecular weight is 233 g/mol. The third kappa shape index (κ3) is 3.74. The summed E-state index contributed by atoms with van der Waals surface area (Å²) in [5.41, 5.74) is 2.49. The van der Waals surface area contributed by atoms with E-state index in [0.29, 0.717) is 6.04 Å². The fraction of sp³-hybridized carbons (Fsp3) is 0.600. The Kier molecular flexibility index (Phi) is 4.43. The molecule has 1 fully saturated rings. The van der Waals surface area contributed by atoms with Crippen molar-refractivity contribution in [2.75, 3.05) is 13.2 Å². The minimum Gasteiger partial charge on any atom is -0.493 e. The number of hydrogen-bond acceptors (Lipinski definition) is 2. The van der Waals surface area contributed by atoms with E-state index in [1.165, 1.54) is 36.9 Å². The predicted molar refractivity (Wildman–Crippen MR) is 71.7 cm³/mol. The molecule has 17 heavy (non-hydrogen) atoms. The lowest BCUT2D eigenvalue weighted by atomic mass is 10.0. The maximum Gasteiger partial charge on any atom is 0.122 e. The molecule has 2 nitrogen and oxygen atoms in total. The largest absolute Gasteiger partial charge is 0.493 e. The van der Waals surface area contributed by atoms with Crippen molar-refractivity contribution < 1.29 is 4.74 Å². The number of ether oxygens (including phenoxy) is 1. The van der Waals surface area contributed by atoms with Crippen molar-refractivity contribution in [3.63, 3.8) is 0 Å². The molecule has 2 heteroatoms. The molecule has 0 radical (unpaired) electrons. The van der Waals surface area contributed by atoms with Crippen LogP contribution in [0.5, 0.6) is 5.75 Å². The summed E-state index contributed by atoms with van der Waals surface area (Å²) in [7, 11) is 0. The van der Waals surface area contributed by atoms with Gasteiger partial charge in [0.1, 0.15) is 5.75 Å². The lowest BCUT2D eigenvalue weighted by molar-refractivity contribution is 0.267. The highest BCUT2D eigenvalue weighted by molar-refractivity contribution is 5.35. The normalized spacial score (nSPS) is 20.2. The standard InChI is InChI=1S/C15H23NO/c1-12-6-7-13(2)15(11-12)17-10-8-14-5-3-4-9-16-14/h6-7,11,14,16H,3-5,8-10H2,1-2H3. The molecule has 1 aliphatic heterocycles. The van der Waals surface area contributed by atoms with Gasteiger partial charge >= 0.3 is 0 Å². The Morgan fingerprint density at radius 2 is 2.18 bits per heavy atom. The van der Waals surface area contributed by atoms with Gasteiger partial charge in [0.15, 0.2) is 0 Å². The van der Waals surface area contributed by atoms with E-state index in [1.54, 1.807) is 0 Å². The highest BCUT2D eigenvalue weighted by Crippen LogP contribution is 2.19. The molecule has 1 N–H and O–H groups in total. The van der Waals surface area contributed by atoms with Gasteiger partial charge in [-0.15, -0.1) is 0 Å². The highest BCUT2D eigenvalue weighted by Gasteiger charge is 2.12. The summed E-state index contributed by atoms with van der Waals surface area (Å²) in [6.07, 6.45) is 5.11. The first-order valence-corrected chi connectivity index (χ1v) is 6.69. The van der Waals surface area contributed by atoms with Crippen molar-refractivity contribution in [1.82, 2.24) is 5.32 Å². The first kappa shape index (κ1) is 12.4. The molecule has 0 spiro atoms. The summed E-state index contributed by atoms with van der Waals surface area (Å²) in [6, 6.07) is 7.05. The molecule has 1 aromatic carbocycles. The molecule has 94 valence electrons. The summed E-state index contributed by atoms with van der Waals surface area (Å²) in [6.45, 7) is 6.21. The van der Waals surface area contributed by atoms with E-state index in [-0.39, 0.29) is 0 Å². The minimum atomic E-state index is 0.661. The van der Waals surface area contributed by atoms with Crippen molar-refractivity contribution in [2.24, 2.45) is 0 Å². The molecule has 0 bridgehead atoms. The second-order valence-electron chi connectivity index (χ2n) is 5.05. The first-order chi connectivity index (χ1) is 8.25. The molecule has 0 amide bonds. The van der Waals surface area contributed by atoms with Crippen LogP contribution >= 0.6 is 0 Å². The van der Waals surface area contributed by atoms with E-state index in [4.69, 9.17) is 4.74 Å². The fourth-order valence-corrected chi connectivity index (χ4v) is 2.34. The zero-order valence-electron chi connectivity index (χ0n) is 11.0. The number of benzene rings is 1. The number of piperidine rings is 1. The van der Waals surface area contributed by atoms with Gasteiger partial charge in [-0.25, -0.2) is 0 Å². The van der Waals surface area contributed by atoms with Gasteiger partial charge in [0.05, 0.1) is 6.61 Å². The maximum atomic E-state index is 5.88.